The van der Waals surface area contributed by atoms with E-state index >= 15 is 0 Å². The third-order valence-electron chi connectivity index (χ3n) is 4.31. The van der Waals surface area contributed by atoms with Crippen molar-refractivity contribution in [2.24, 2.45) is 5.92 Å². The summed E-state index contributed by atoms with van der Waals surface area (Å²) in [7, 11) is 0. The van der Waals surface area contributed by atoms with Crippen molar-refractivity contribution in [3.63, 3.8) is 0 Å². The molecular weight excluding hydrogens is 224 g/mol. The third kappa shape index (κ3) is 3.71. The lowest BCUT2D eigenvalue weighted by Gasteiger charge is -2.40. The van der Waals surface area contributed by atoms with Crippen LogP contribution in [0, 0.1) is 5.92 Å². The molecule has 0 aromatic carbocycles. The van der Waals surface area contributed by atoms with Gasteiger partial charge in [-0.1, -0.05) is 20.3 Å². The first-order valence-corrected chi connectivity index (χ1v) is 7.68. The van der Waals surface area contributed by atoms with Crippen LogP contribution in [0.2, 0.25) is 0 Å². The van der Waals surface area contributed by atoms with E-state index in [0.717, 1.165) is 19.1 Å². The molecule has 0 unspecified atom stereocenters. The van der Waals surface area contributed by atoms with E-state index in [0.29, 0.717) is 18.2 Å². The zero-order valence-corrected chi connectivity index (χ0v) is 12.0. The molecule has 0 N–H and O–H groups in total. The van der Waals surface area contributed by atoms with E-state index in [1.165, 1.54) is 45.2 Å². The van der Waals surface area contributed by atoms with E-state index < -0.39 is 0 Å². The molecule has 0 aliphatic carbocycles. The summed E-state index contributed by atoms with van der Waals surface area (Å²) < 4.78 is 0. The molecular formula is C15H28N2O. The van der Waals surface area contributed by atoms with Crippen molar-refractivity contribution in [3.05, 3.63) is 0 Å². The number of nitrogens with zero attached hydrogens (tertiary/aromatic N) is 2. The summed E-state index contributed by atoms with van der Waals surface area (Å²) in [6, 6.07) is 0.744. The van der Waals surface area contributed by atoms with Crippen LogP contribution in [0.4, 0.5) is 0 Å². The zero-order valence-electron chi connectivity index (χ0n) is 12.0. The molecule has 2 saturated heterocycles. The number of likely N-dealkylation sites (tertiary alicyclic amines) is 2. The average Bonchev–Trinajstić information content (AvgIpc) is 2.39. The van der Waals surface area contributed by atoms with Crippen LogP contribution >= 0.6 is 0 Å². The highest BCUT2D eigenvalue weighted by Crippen LogP contribution is 2.21. The van der Waals surface area contributed by atoms with E-state index in [1.54, 1.807) is 0 Å². The predicted molar refractivity (Wildman–Crippen MR) is 74.5 cm³/mol. The Hall–Kier alpha value is -0.570. The molecule has 2 rings (SSSR count). The molecule has 0 spiro atoms. The molecule has 0 aromatic heterocycles. The fourth-order valence-electron chi connectivity index (χ4n) is 3.24. The largest absolute Gasteiger partial charge is 0.343 e. The molecule has 104 valence electrons. The van der Waals surface area contributed by atoms with Gasteiger partial charge >= 0.3 is 0 Å². The van der Waals surface area contributed by atoms with Crippen LogP contribution in [0.5, 0.6) is 0 Å². The van der Waals surface area contributed by atoms with Crippen molar-refractivity contribution in [2.75, 3.05) is 26.2 Å². The highest BCUT2D eigenvalue weighted by atomic mass is 16.2. The first kappa shape index (κ1) is 13.9. The zero-order chi connectivity index (χ0) is 13.0. The fraction of sp³-hybridized carbons (Fsp3) is 0.933. The second-order valence-corrected chi connectivity index (χ2v) is 6.31. The molecule has 0 aromatic rings. The standard InChI is InChI=1S/C15H28N2O/c1-13(2)12-15(18)17-10-6-14(7-11-17)16-8-4-3-5-9-16/h13-14H,3-12H2,1-2H3. The molecule has 2 aliphatic heterocycles. The van der Waals surface area contributed by atoms with Crippen LogP contribution < -0.4 is 0 Å². The van der Waals surface area contributed by atoms with E-state index in [9.17, 15) is 4.79 Å². The fourth-order valence-corrected chi connectivity index (χ4v) is 3.24. The maximum atomic E-state index is 12.0. The van der Waals surface area contributed by atoms with E-state index in [1.807, 2.05) is 0 Å². The number of carbonyl (C=O) groups excluding carboxylic acids is 1. The van der Waals surface area contributed by atoms with Gasteiger partial charge in [0, 0.05) is 25.6 Å². The van der Waals surface area contributed by atoms with Crippen molar-refractivity contribution in [1.29, 1.82) is 0 Å². The van der Waals surface area contributed by atoms with Gasteiger partial charge in [-0.2, -0.15) is 0 Å². The number of amides is 1. The lowest BCUT2D eigenvalue weighted by atomic mass is 9.99. The number of carbonyl (C=O) groups is 1. The first-order chi connectivity index (χ1) is 8.66. The summed E-state index contributed by atoms with van der Waals surface area (Å²) in [6.45, 7) is 8.77. The lowest BCUT2D eigenvalue weighted by Crippen LogP contribution is -2.48. The van der Waals surface area contributed by atoms with Crippen molar-refractivity contribution in [3.8, 4) is 0 Å². The van der Waals surface area contributed by atoms with Crippen LogP contribution in [0.25, 0.3) is 0 Å². The van der Waals surface area contributed by atoms with Crippen LogP contribution in [0.3, 0.4) is 0 Å². The Morgan fingerprint density at radius 1 is 1.06 bits per heavy atom. The van der Waals surface area contributed by atoms with Crippen LogP contribution in [-0.4, -0.2) is 47.9 Å². The Balaban J connectivity index is 1.75. The summed E-state index contributed by atoms with van der Waals surface area (Å²) >= 11 is 0. The maximum Gasteiger partial charge on any atom is 0.222 e. The summed E-state index contributed by atoms with van der Waals surface area (Å²) in [5.74, 6) is 0.847. The molecule has 3 nitrogen and oxygen atoms in total. The first-order valence-electron chi connectivity index (χ1n) is 7.68. The molecule has 0 bridgehead atoms. The second kappa shape index (κ2) is 6.55. The van der Waals surface area contributed by atoms with Crippen molar-refractivity contribution in [1.82, 2.24) is 9.80 Å². The Labute approximate surface area is 112 Å². The summed E-state index contributed by atoms with van der Waals surface area (Å²) in [4.78, 5) is 16.7. The lowest BCUT2D eigenvalue weighted by molar-refractivity contribution is -0.133. The monoisotopic (exact) mass is 252 g/mol. The van der Waals surface area contributed by atoms with E-state index in [2.05, 4.69) is 23.6 Å². The summed E-state index contributed by atoms with van der Waals surface area (Å²) in [6.07, 6.45) is 7.23. The van der Waals surface area contributed by atoms with E-state index in [-0.39, 0.29) is 0 Å². The van der Waals surface area contributed by atoms with Crippen molar-refractivity contribution in [2.45, 2.75) is 58.4 Å². The SMILES string of the molecule is CC(C)CC(=O)N1CCC(N2CCCCC2)CC1. The van der Waals surface area contributed by atoms with Gasteiger partial charge in [0.1, 0.15) is 0 Å². The molecule has 0 atom stereocenters. The second-order valence-electron chi connectivity index (χ2n) is 6.31. The van der Waals surface area contributed by atoms with Crippen LogP contribution in [-0.2, 0) is 4.79 Å². The van der Waals surface area contributed by atoms with Gasteiger partial charge in [-0.05, 0) is 44.7 Å². The quantitative estimate of drug-likeness (QED) is 0.770. The van der Waals surface area contributed by atoms with Crippen LogP contribution in [0.1, 0.15) is 52.4 Å². The van der Waals surface area contributed by atoms with Gasteiger partial charge in [-0.15, -0.1) is 0 Å². The number of piperidine rings is 2. The Kier molecular flexibility index (Phi) is 5.04. The highest BCUT2D eigenvalue weighted by molar-refractivity contribution is 5.76. The molecule has 2 heterocycles. The molecule has 1 amide bonds. The number of hydrogen-bond acceptors (Lipinski definition) is 2. The minimum Gasteiger partial charge on any atom is -0.343 e. The molecule has 18 heavy (non-hydrogen) atoms. The topological polar surface area (TPSA) is 23.6 Å². The Morgan fingerprint density at radius 2 is 1.67 bits per heavy atom. The third-order valence-corrected chi connectivity index (χ3v) is 4.31. The van der Waals surface area contributed by atoms with Gasteiger partial charge in [-0.25, -0.2) is 0 Å². The van der Waals surface area contributed by atoms with E-state index in [4.69, 9.17) is 0 Å². The van der Waals surface area contributed by atoms with Gasteiger partial charge in [0.15, 0.2) is 0 Å². The van der Waals surface area contributed by atoms with Gasteiger partial charge in [0.05, 0.1) is 0 Å². The van der Waals surface area contributed by atoms with Gasteiger partial charge in [-0.3, -0.25) is 4.79 Å². The molecule has 2 aliphatic rings. The minimum atomic E-state index is 0.363. The minimum absolute atomic E-state index is 0.363. The predicted octanol–water partition coefficient (Wildman–Crippen LogP) is 2.51. The Morgan fingerprint density at radius 3 is 2.22 bits per heavy atom. The molecule has 3 heteroatoms. The van der Waals surface area contributed by atoms with Gasteiger partial charge in [0.25, 0.3) is 0 Å². The van der Waals surface area contributed by atoms with Gasteiger partial charge in [0.2, 0.25) is 5.91 Å². The Bertz CT molecular complexity index is 264. The normalized spacial score (nSPS) is 23.6. The van der Waals surface area contributed by atoms with Crippen molar-refractivity contribution < 1.29 is 4.79 Å². The number of rotatable bonds is 3. The summed E-state index contributed by atoms with van der Waals surface area (Å²) in [5, 5.41) is 0. The maximum absolute atomic E-state index is 12.0. The van der Waals surface area contributed by atoms with Crippen molar-refractivity contribution >= 4 is 5.91 Å². The molecule has 0 radical (unpaired) electrons. The van der Waals surface area contributed by atoms with Gasteiger partial charge < -0.3 is 9.80 Å². The molecule has 2 fully saturated rings. The molecule has 0 saturated carbocycles. The van der Waals surface area contributed by atoms with Crippen LogP contribution in [0.15, 0.2) is 0 Å². The average molecular weight is 252 g/mol. The summed E-state index contributed by atoms with van der Waals surface area (Å²) in [5.41, 5.74) is 0. The number of hydrogen-bond donors (Lipinski definition) is 0. The highest BCUT2D eigenvalue weighted by Gasteiger charge is 2.27. The smallest absolute Gasteiger partial charge is 0.222 e.